The Kier molecular flexibility index (Phi) is 4.09. The molecule has 2 aliphatic heterocycles. The average molecular weight is 316 g/mol. The lowest BCUT2D eigenvalue weighted by molar-refractivity contribution is 0.179. The highest BCUT2D eigenvalue weighted by atomic mass is 32.2. The molecule has 1 aromatic rings. The molecule has 2 fully saturated rings. The summed E-state index contributed by atoms with van der Waals surface area (Å²) in [6.07, 6.45) is 2.41. The van der Waals surface area contributed by atoms with Crippen molar-refractivity contribution < 1.29 is 8.42 Å². The van der Waals surface area contributed by atoms with Crippen LogP contribution in [0.5, 0.6) is 0 Å². The van der Waals surface area contributed by atoms with Gasteiger partial charge >= 0.3 is 0 Å². The summed E-state index contributed by atoms with van der Waals surface area (Å²) in [7, 11) is -3.34. The van der Waals surface area contributed by atoms with Gasteiger partial charge in [-0.1, -0.05) is 0 Å². The molecule has 0 spiro atoms. The zero-order valence-corrected chi connectivity index (χ0v) is 13.2. The van der Waals surface area contributed by atoms with Crippen molar-refractivity contribution in [2.45, 2.75) is 23.6 Å². The predicted molar refractivity (Wildman–Crippen MR) is 78.5 cm³/mol. The highest BCUT2D eigenvalue weighted by Crippen LogP contribution is 2.27. The second kappa shape index (κ2) is 5.69. The molecule has 0 aliphatic carbocycles. The Morgan fingerprint density at radius 1 is 1.35 bits per heavy atom. The number of thiazole rings is 1. The zero-order chi connectivity index (χ0) is 14.2. The summed E-state index contributed by atoms with van der Waals surface area (Å²) in [5.41, 5.74) is 0. The molecule has 0 aromatic carbocycles. The van der Waals surface area contributed by atoms with Gasteiger partial charge in [0.05, 0.1) is 11.2 Å². The first-order valence-electron chi connectivity index (χ1n) is 6.95. The number of rotatable bonds is 3. The Balaban J connectivity index is 1.70. The Morgan fingerprint density at radius 3 is 2.75 bits per heavy atom. The van der Waals surface area contributed by atoms with Crippen LogP contribution in [0.3, 0.4) is 0 Å². The first kappa shape index (κ1) is 14.4. The molecule has 1 atom stereocenters. The molecule has 1 N–H and O–H groups in total. The minimum atomic E-state index is -3.34. The Hall–Kier alpha value is -0.540. The molecule has 0 bridgehead atoms. The van der Waals surface area contributed by atoms with Crippen LogP contribution >= 0.6 is 11.3 Å². The normalized spacial score (nSPS) is 26.1. The minimum Gasteiger partial charge on any atom is -0.314 e. The van der Waals surface area contributed by atoms with Crippen molar-refractivity contribution in [3.05, 3.63) is 11.2 Å². The first-order chi connectivity index (χ1) is 9.57. The van der Waals surface area contributed by atoms with E-state index in [2.05, 4.69) is 15.2 Å². The summed E-state index contributed by atoms with van der Waals surface area (Å²) in [6, 6.07) is 0.362. The lowest BCUT2D eigenvalue weighted by Gasteiger charge is -2.32. The maximum Gasteiger partial charge on any atom is 0.254 e. The SMILES string of the molecule is Cc1ncc(S(=O)(=O)N2CCC(N3CCNCC3)C2)s1. The number of aromatic nitrogens is 1. The van der Waals surface area contributed by atoms with Crippen LogP contribution < -0.4 is 5.32 Å². The van der Waals surface area contributed by atoms with E-state index in [1.54, 1.807) is 4.31 Å². The maximum absolute atomic E-state index is 12.5. The number of piperazine rings is 1. The summed E-state index contributed by atoms with van der Waals surface area (Å²) in [6.45, 7) is 7.08. The predicted octanol–water partition coefficient (Wildman–Crippen LogP) is 0.120. The van der Waals surface area contributed by atoms with Gasteiger partial charge in [-0.3, -0.25) is 4.90 Å². The number of nitrogens with one attached hydrogen (secondary N) is 1. The lowest BCUT2D eigenvalue weighted by atomic mass is 10.2. The van der Waals surface area contributed by atoms with Gasteiger partial charge < -0.3 is 5.32 Å². The van der Waals surface area contributed by atoms with Crippen molar-refractivity contribution in [2.24, 2.45) is 0 Å². The molecule has 1 aromatic heterocycles. The Morgan fingerprint density at radius 2 is 2.10 bits per heavy atom. The number of sulfonamides is 1. The molecule has 8 heteroatoms. The van der Waals surface area contributed by atoms with E-state index in [0.29, 0.717) is 23.3 Å². The second-order valence-electron chi connectivity index (χ2n) is 5.29. The topological polar surface area (TPSA) is 65.5 Å². The van der Waals surface area contributed by atoms with Crippen molar-refractivity contribution >= 4 is 21.4 Å². The van der Waals surface area contributed by atoms with Crippen LogP contribution in [0.15, 0.2) is 10.4 Å². The van der Waals surface area contributed by atoms with Crippen LogP contribution in [0.2, 0.25) is 0 Å². The van der Waals surface area contributed by atoms with E-state index in [-0.39, 0.29) is 0 Å². The third-order valence-electron chi connectivity index (χ3n) is 3.99. The first-order valence-corrected chi connectivity index (χ1v) is 9.20. The fourth-order valence-electron chi connectivity index (χ4n) is 2.86. The van der Waals surface area contributed by atoms with Crippen molar-refractivity contribution in [3.8, 4) is 0 Å². The van der Waals surface area contributed by atoms with Crippen molar-refractivity contribution in [1.82, 2.24) is 19.5 Å². The monoisotopic (exact) mass is 316 g/mol. The number of hydrogen-bond acceptors (Lipinski definition) is 6. The summed E-state index contributed by atoms with van der Waals surface area (Å²) in [4.78, 5) is 6.46. The molecule has 3 rings (SSSR count). The van der Waals surface area contributed by atoms with E-state index in [1.807, 2.05) is 6.92 Å². The fourth-order valence-corrected chi connectivity index (χ4v) is 5.62. The van der Waals surface area contributed by atoms with Gasteiger partial charge in [0.1, 0.15) is 0 Å². The Bertz CT molecular complexity index is 566. The van der Waals surface area contributed by atoms with Crippen molar-refractivity contribution in [1.29, 1.82) is 0 Å². The molecule has 0 saturated carbocycles. The Labute approximate surface area is 123 Å². The van der Waals surface area contributed by atoms with E-state index in [9.17, 15) is 8.42 Å². The molecule has 3 heterocycles. The highest BCUT2D eigenvalue weighted by Gasteiger charge is 2.36. The third kappa shape index (κ3) is 2.75. The van der Waals surface area contributed by atoms with Crippen LogP contribution in [0.25, 0.3) is 0 Å². The number of aryl methyl sites for hydroxylation is 1. The molecular weight excluding hydrogens is 296 g/mol. The second-order valence-corrected chi connectivity index (χ2v) is 8.69. The molecule has 2 saturated heterocycles. The highest BCUT2D eigenvalue weighted by molar-refractivity contribution is 7.91. The largest absolute Gasteiger partial charge is 0.314 e. The molecular formula is C12H20N4O2S2. The summed E-state index contributed by atoms with van der Waals surface area (Å²) >= 11 is 1.25. The molecule has 1 unspecified atom stereocenters. The van der Waals surface area contributed by atoms with Crippen molar-refractivity contribution in [2.75, 3.05) is 39.3 Å². The van der Waals surface area contributed by atoms with Crippen LogP contribution in [0, 0.1) is 6.92 Å². The third-order valence-corrected chi connectivity index (χ3v) is 7.20. The van der Waals surface area contributed by atoms with Gasteiger partial charge in [-0.05, 0) is 13.3 Å². The minimum absolute atomic E-state index is 0.362. The summed E-state index contributed by atoms with van der Waals surface area (Å²) < 4.78 is 27.1. The summed E-state index contributed by atoms with van der Waals surface area (Å²) in [5.74, 6) is 0. The van der Waals surface area contributed by atoms with Gasteiger partial charge in [-0.15, -0.1) is 11.3 Å². The van der Waals surface area contributed by atoms with Gasteiger partial charge in [-0.2, -0.15) is 4.31 Å². The van der Waals surface area contributed by atoms with Crippen molar-refractivity contribution in [3.63, 3.8) is 0 Å². The maximum atomic E-state index is 12.5. The molecule has 0 amide bonds. The van der Waals surface area contributed by atoms with Gasteiger partial charge in [-0.25, -0.2) is 13.4 Å². The van der Waals surface area contributed by atoms with Gasteiger partial charge in [0, 0.05) is 45.3 Å². The molecule has 112 valence electrons. The van der Waals surface area contributed by atoms with Crippen LogP contribution in [-0.4, -0.2) is 67.9 Å². The van der Waals surface area contributed by atoms with Gasteiger partial charge in [0.15, 0.2) is 4.21 Å². The molecule has 20 heavy (non-hydrogen) atoms. The van der Waals surface area contributed by atoms with Crippen LogP contribution in [0.4, 0.5) is 0 Å². The number of hydrogen-bond donors (Lipinski definition) is 1. The quantitative estimate of drug-likeness (QED) is 0.858. The van der Waals surface area contributed by atoms with Gasteiger partial charge in [0.2, 0.25) is 0 Å². The molecule has 6 nitrogen and oxygen atoms in total. The van der Waals surface area contributed by atoms with E-state index in [1.165, 1.54) is 17.5 Å². The number of nitrogens with zero attached hydrogens (tertiary/aromatic N) is 3. The van der Waals surface area contributed by atoms with E-state index < -0.39 is 10.0 Å². The average Bonchev–Trinajstić information content (AvgIpc) is 3.09. The van der Waals surface area contributed by atoms with Gasteiger partial charge in [0.25, 0.3) is 10.0 Å². The van der Waals surface area contributed by atoms with E-state index in [4.69, 9.17) is 0 Å². The van der Waals surface area contributed by atoms with E-state index >= 15 is 0 Å². The lowest BCUT2D eigenvalue weighted by Crippen LogP contribution is -2.49. The standard InChI is InChI=1S/C12H20N4O2S2/c1-10-14-8-12(19-10)20(17,18)16-5-2-11(9-16)15-6-3-13-4-7-15/h8,11,13H,2-7,9H2,1H3. The molecule has 0 radical (unpaired) electrons. The fraction of sp³-hybridized carbons (Fsp3) is 0.750. The van der Waals surface area contributed by atoms with Crippen LogP contribution in [0.1, 0.15) is 11.4 Å². The molecule has 2 aliphatic rings. The zero-order valence-electron chi connectivity index (χ0n) is 11.6. The van der Waals surface area contributed by atoms with E-state index in [0.717, 1.165) is 37.6 Å². The summed E-state index contributed by atoms with van der Waals surface area (Å²) in [5, 5.41) is 4.12. The van der Waals surface area contributed by atoms with Crippen LogP contribution in [-0.2, 0) is 10.0 Å². The smallest absolute Gasteiger partial charge is 0.254 e.